The van der Waals surface area contributed by atoms with Gasteiger partial charge in [0.25, 0.3) is 0 Å². The molecule has 0 saturated heterocycles. The molecule has 6 heteroatoms. The zero-order valence-electron chi connectivity index (χ0n) is 16.0. The van der Waals surface area contributed by atoms with E-state index in [0.29, 0.717) is 12.1 Å². The van der Waals surface area contributed by atoms with E-state index in [4.69, 9.17) is 5.11 Å². The second-order valence-corrected chi connectivity index (χ2v) is 7.24. The van der Waals surface area contributed by atoms with Crippen molar-refractivity contribution in [2.75, 3.05) is 5.32 Å². The summed E-state index contributed by atoms with van der Waals surface area (Å²) >= 11 is 0. The minimum absolute atomic E-state index is 0.302. The van der Waals surface area contributed by atoms with Crippen molar-refractivity contribution in [2.45, 2.75) is 45.7 Å². The topological polar surface area (TPSA) is 80.0 Å². The van der Waals surface area contributed by atoms with Gasteiger partial charge in [0, 0.05) is 30.8 Å². The zero-order valence-corrected chi connectivity index (χ0v) is 16.0. The summed E-state index contributed by atoms with van der Waals surface area (Å²) < 4.78 is 2.26. The number of carboxylic acids is 1. The smallest absolute Gasteiger partial charge is 0.335 e. The molecule has 2 heterocycles. The number of fused-ring (bicyclic) bond motifs is 1. The number of carboxylic acid groups (broad SMARTS) is 1. The van der Waals surface area contributed by atoms with Crippen LogP contribution in [0.1, 0.15) is 46.6 Å². The minimum atomic E-state index is -0.910. The van der Waals surface area contributed by atoms with Gasteiger partial charge >= 0.3 is 5.97 Å². The Balaban J connectivity index is 1.59. The number of carbonyl (C=O) groups is 1. The van der Waals surface area contributed by atoms with Crippen LogP contribution in [0.4, 0.5) is 5.69 Å². The zero-order chi connectivity index (χ0) is 19.5. The number of hydrogen-bond donors (Lipinski definition) is 2. The molecule has 2 N–H and O–H groups in total. The average molecular weight is 376 g/mol. The molecule has 1 aliphatic rings. The van der Waals surface area contributed by atoms with Gasteiger partial charge in [0.05, 0.1) is 5.56 Å². The molecule has 3 aromatic rings. The minimum Gasteiger partial charge on any atom is -0.478 e. The maximum Gasteiger partial charge on any atom is 0.335 e. The van der Waals surface area contributed by atoms with Gasteiger partial charge in [-0.1, -0.05) is 30.7 Å². The Kier molecular flexibility index (Phi) is 5.10. The van der Waals surface area contributed by atoms with Crippen LogP contribution in [0, 0.1) is 6.92 Å². The summed E-state index contributed by atoms with van der Waals surface area (Å²) in [6, 6.07) is 13.2. The highest BCUT2D eigenvalue weighted by Crippen LogP contribution is 2.29. The number of aromatic carboxylic acids is 1. The number of benzene rings is 2. The molecule has 0 spiro atoms. The average Bonchev–Trinajstić information content (AvgIpc) is 2.95. The van der Waals surface area contributed by atoms with Crippen LogP contribution in [0.25, 0.3) is 11.4 Å². The fraction of sp³-hybridized carbons (Fsp3) is 0.318. The highest BCUT2D eigenvalue weighted by Gasteiger charge is 2.18. The molecule has 0 radical (unpaired) electrons. The standard InChI is InChI=1S/C22H24N4O2/c1-15-18(21-25-24-20-11-3-2-4-12-26(20)21)9-6-10-19(15)23-14-16-7-5-8-17(13-16)22(27)28/h5-10,13,23H,2-4,11-12,14H2,1H3,(H,27,28). The normalized spacial score (nSPS) is 13.6. The van der Waals surface area contributed by atoms with Crippen molar-refractivity contribution < 1.29 is 9.90 Å². The van der Waals surface area contributed by atoms with E-state index in [2.05, 4.69) is 33.1 Å². The molecule has 4 rings (SSSR count). The molecule has 0 atom stereocenters. The van der Waals surface area contributed by atoms with Crippen LogP contribution in [-0.4, -0.2) is 25.8 Å². The van der Waals surface area contributed by atoms with E-state index < -0.39 is 5.97 Å². The quantitative estimate of drug-likeness (QED) is 0.694. The van der Waals surface area contributed by atoms with Gasteiger partial charge in [-0.05, 0) is 49.1 Å². The van der Waals surface area contributed by atoms with Crippen LogP contribution in [0.2, 0.25) is 0 Å². The third kappa shape index (κ3) is 3.63. The number of nitrogens with zero attached hydrogens (tertiary/aromatic N) is 3. The number of hydrogen-bond acceptors (Lipinski definition) is 4. The van der Waals surface area contributed by atoms with E-state index >= 15 is 0 Å². The van der Waals surface area contributed by atoms with Gasteiger partial charge in [0.2, 0.25) is 0 Å². The largest absolute Gasteiger partial charge is 0.478 e. The summed E-state index contributed by atoms with van der Waals surface area (Å²) in [7, 11) is 0. The summed E-state index contributed by atoms with van der Waals surface area (Å²) in [6.07, 6.45) is 4.56. The predicted molar refractivity (Wildman–Crippen MR) is 108 cm³/mol. The molecule has 0 aliphatic carbocycles. The van der Waals surface area contributed by atoms with Crippen molar-refractivity contribution in [1.82, 2.24) is 14.8 Å². The Morgan fingerprint density at radius 2 is 2.00 bits per heavy atom. The van der Waals surface area contributed by atoms with Crippen molar-refractivity contribution in [2.24, 2.45) is 0 Å². The number of anilines is 1. The van der Waals surface area contributed by atoms with Crippen LogP contribution < -0.4 is 5.32 Å². The van der Waals surface area contributed by atoms with E-state index in [0.717, 1.165) is 53.4 Å². The predicted octanol–water partition coefficient (Wildman–Crippen LogP) is 4.29. The van der Waals surface area contributed by atoms with E-state index in [-0.39, 0.29) is 0 Å². The van der Waals surface area contributed by atoms with Crippen molar-refractivity contribution >= 4 is 11.7 Å². The highest BCUT2D eigenvalue weighted by atomic mass is 16.4. The molecule has 0 bridgehead atoms. The maximum atomic E-state index is 11.2. The Labute approximate surface area is 164 Å². The van der Waals surface area contributed by atoms with E-state index in [1.807, 2.05) is 18.2 Å². The van der Waals surface area contributed by atoms with Crippen LogP contribution in [-0.2, 0) is 19.5 Å². The molecule has 0 saturated carbocycles. The molecule has 28 heavy (non-hydrogen) atoms. The molecule has 0 amide bonds. The fourth-order valence-electron chi connectivity index (χ4n) is 3.77. The Morgan fingerprint density at radius 3 is 2.86 bits per heavy atom. The molecule has 2 aromatic carbocycles. The molecule has 1 aromatic heterocycles. The van der Waals surface area contributed by atoms with Gasteiger partial charge in [0.1, 0.15) is 5.82 Å². The third-order valence-electron chi connectivity index (χ3n) is 5.34. The van der Waals surface area contributed by atoms with Gasteiger partial charge in [-0.15, -0.1) is 10.2 Å². The number of rotatable bonds is 5. The number of aromatic nitrogens is 3. The van der Waals surface area contributed by atoms with Crippen molar-refractivity contribution in [3.63, 3.8) is 0 Å². The van der Waals surface area contributed by atoms with Crippen LogP contribution in [0.5, 0.6) is 0 Å². The van der Waals surface area contributed by atoms with Gasteiger partial charge in [-0.2, -0.15) is 0 Å². The Bertz CT molecular complexity index is 1010. The summed E-state index contributed by atoms with van der Waals surface area (Å²) in [5.41, 5.74) is 4.46. The summed E-state index contributed by atoms with van der Waals surface area (Å²) in [6.45, 7) is 3.61. The summed E-state index contributed by atoms with van der Waals surface area (Å²) in [5.74, 6) is 1.11. The second-order valence-electron chi connectivity index (χ2n) is 7.24. The summed E-state index contributed by atoms with van der Waals surface area (Å²) in [5, 5.41) is 21.5. The third-order valence-corrected chi connectivity index (χ3v) is 5.34. The maximum absolute atomic E-state index is 11.2. The first-order valence-electron chi connectivity index (χ1n) is 9.71. The number of aryl methyl sites for hydroxylation is 1. The van der Waals surface area contributed by atoms with Crippen LogP contribution >= 0.6 is 0 Å². The number of nitrogens with one attached hydrogen (secondary N) is 1. The monoisotopic (exact) mass is 376 g/mol. The first-order chi connectivity index (χ1) is 13.6. The van der Waals surface area contributed by atoms with E-state index in [1.165, 1.54) is 12.8 Å². The van der Waals surface area contributed by atoms with Gasteiger partial charge in [0.15, 0.2) is 5.82 Å². The molecule has 144 valence electrons. The lowest BCUT2D eigenvalue weighted by atomic mass is 10.1. The van der Waals surface area contributed by atoms with Crippen molar-refractivity contribution in [1.29, 1.82) is 0 Å². The Morgan fingerprint density at radius 1 is 1.14 bits per heavy atom. The van der Waals surface area contributed by atoms with Crippen LogP contribution in [0.15, 0.2) is 42.5 Å². The SMILES string of the molecule is Cc1c(NCc2cccc(C(=O)O)c2)cccc1-c1nnc2n1CCCCC2. The van der Waals surface area contributed by atoms with Crippen LogP contribution in [0.3, 0.4) is 0 Å². The lowest BCUT2D eigenvalue weighted by molar-refractivity contribution is 0.0696. The Hall–Kier alpha value is -3.15. The molecule has 1 aliphatic heterocycles. The fourth-order valence-corrected chi connectivity index (χ4v) is 3.77. The lowest BCUT2D eigenvalue weighted by Gasteiger charge is -2.14. The van der Waals surface area contributed by atoms with Crippen molar-refractivity contribution in [3.8, 4) is 11.4 Å². The molecular formula is C22H24N4O2. The highest BCUT2D eigenvalue weighted by molar-refractivity contribution is 5.87. The first-order valence-corrected chi connectivity index (χ1v) is 9.71. The van der Waals surface area contributed by atoms with E-state index in [9.17, 15) is 4.79 Å². The van der Waals surface area contributed by atoms with Gasteiger partial charge in [-0.3, -0.25) is 0 Å². The molecule has 0 fully saturated rings. The lowest BCUT2D eigenvalue weighted by Crippen LogP contribution is -2.06. The molecular weight excluding hydrogens is 352 g/mol. The van der Waals surface area contributed by atoms with Gasteiger partial charge < -0.3 is 15.0 Å². The molecule has 6 nitrogen and oxygen atoms in total. The first kappa shape index (κ1) is 18.2. The molecule has 0 unspecified atom stereocenters. The second kappa shape index (κ2) is 7.84. The van der Waals surface area contributed by atoms with Crippen molar-refractivity contribution in [3.05, 3.63) is 65.0 Å². The van der Waals surface area contributed by atoms with Gasteiger partial charge in [-0.25, -0.2) is 4.79 Å². The summed E-state index contributed by atoms with van der Waals surface area (Å²) in [4.78, 5) is 11.2. The van der Waals surface area contributed by atoms with E-state index in [1.54, 1.807) is 18.2 Å².